The van der Waals surface area contributed by atoms with Crippen molar-refractivity contribution in [1.82, 2.24) is 4.90 Å². The van der Waals surface area contributed by atoms with E-state index in [1.165, 1.54) is 25.8 Å². The maximum Gasteiger partial charge on any atom is 0.0641 e. The summed E-state index contributed by atoms with van der Waals surface area (Å²) in [5, 5.41) is 0. The van der Waals surface area contributed by atoms with Crippen LogP contribution in [0.15, 0.2) is 0 Å². The number of nitrogens with two attached hydrogens (primary N) is 1. The molecular weight excluding hydrogens is 188 g/mol. The van der Waals surface area contributed by atoms with Crippen molar-refractivity contribution >= 4 is 0 Å². The van der Waals surface area contributed by atoms with Crippen LogP contribution >= 0.6 is 0 Å². The van der Waals surface area contributed by atoms with Gasteiger partial charge in [0.25, 0.3) is 0 Å². The molecule has 0 spiro atoms. The van der Waals surface area contributed by atoms with Crippen LogP contribution in [0.25, 0.3) is 0 Å². The van der Waals surface area contributed by atoms with Crippen LogP contribution in [0.2, 0.25) is 0 Å². The number of piperidine rings is 1. The Hall–Kier alpha value is -0.120. The Morgan fingerprint density at radius 3 is 2.80 bits per heavy atom. The number of hydrogen-bond acceptors (Lipinski definition) is 3. The second-order valence-electron chi connectivity index (χ2n) is 5.65. The van der Waals surface area contributed by atoms with E-state index in [1.807, 2.05) is 0 Å². The van der Waals surface area contributed by atoms with Gasteiger partial charge in [-0.15, -0.1) is 0 Å². The molecule has 15 heavy (non-hydrogen) atoms. The highest BCUT2D eigenvalue weighted by Crippen LogP contribution is 2.28. The lowest BCUT2D eigenvalue weighted by Gasteiger charge is -2.43. The lowest BCUT2D eigenvalue weighted by atomic mass is 9.91. The third-order valence-electron chi connectivity index (χ3n) is 3.68. The van der Waals surface area contributed by atoms with E-state index in [2.05, 4.69) is 18.7 Å². The van der Waals surface area contributed by atoms with Crippen LogP contribution in [0.3, 0.4) is 0 Å². The van der Waals surface area contributed by atoms with Crippen molar-refractivity contribution in [2.45, 2.75) is 57.2 Å². The second-order valence-corrected chi connectivity index (χ2v) is 5.65. The standard InChI is InChI=1S/C12H24N2O/c1-12(2)8-11(5-7-15-12)14-6-3-4-10(13)9-14/h10-11H,3-9,13H2,1-2H3. The van der Waals surface area contributed by atoms with Gasteiger partial charge >= 0.3 is 0 Å². The summed E-state index contributed by atoms with van der Waals surface area (Å²) >= 11 is 0. The molecule has 3 heteroatoms. The van der Waals surface area contributed by atoms with Gasteiger partial charge in [0.1, 0.15) is 0 Å². The molecule has 2 heterocycles. The van der Waals surface area contributed by atoms with Crippen LogP contribution in [-0.4, -0.2) is 42.3 Å². The Balaban J connectivity index is 1.92. The van der Waals surface area contributed by atoms with Crippen molar-refractivity contribution in [2.24, 2.45) is 5.73 Å². The third-order valence-corrected chi connectivity index (χ3v) is 3.68. The molecule has 2 saturated heterocycles. The molecular formula is C12H24N2O. The number of ether oxygens (including phenoxy) is 1. The first-order valence-electron chi connectivity index (χ1n) is 6.20. The van der Waals surface area contributed by atoms with Gasteiger partial charge in [-0.05, 0) is 46.1 Å². The zero-order valence-electron chi connectivity index (χ0n) is 10.0. The Labute approximate surface area is 93.0 Å². The molecule has 2 atom stereocenters. The van der Waals surface area contributed by atoms with Crippen LogP contribution < -0.4 is 5.73 Å². The number of hydrogen-bond donors (Lipinski definition) is 1. The van der Waals surface area contributed by atoms with Crippen molar-refractivity contribution in [3.63, 3.8) is 0 Å². The number of likely N-dealkylation sites (tertiary alicyclic amines) is 1. The molecule has 2 aliphatic rings. The van der Waals surface area contributed by atoms with Crippen LogP contribution in [-0.2, 0) is 4.74 Å². The van der Waals surface area contributed by atoms with Crippen LogP contribution in [0, 0.1) is 0 Å². The highest BCUT2D eigenvalue weighted by Gasteiger charge is 2.33. The minimum Gasteiger partial charge on any atom is -0.375 e. The van der Waals surface area contributed by atoms with Crippen molar-refractivity contribution in [2.75, 3.05) is 19.7 Å². The maximum atomic E-state index is 6.03. The van der Waals surface area contributed by atoms with Gasteiger partial charge in [0.2, 0.25) is 0 Å². The van der Waals surface area contributed by atoms with Gasteiger partial charge in [-0.25, -0.2) is 0 Å². The van der Waals surface area contributed by atoms with Crippen LogP contribution in [0.4, 0.5) is 0 Å². The normalized spacial score (nSPS) is 37.8. The summed E-state index contributed by atoms with van der Waals surface area (Å²) < 4.78 is 5.76. The minimum absolute atomic E-state index is 0.0600. The van der Waals surface area contributed by atoms with Crippen molar-refractivity contribution in [3.05, 3.63) is 0 Å². The minimum atomic E-state index is 0.0600. The van der Waals surface area contributed by atoms with E-state index in [-0.39, 0.29) is 5.60 Å². The molecule has 2 aliphatic heterocycles. The van der Waals surface area contributed by atoms with Gasteiger partial charge < -0.3 is 10.5 Å². The van der Waals surface area contributed by atoms with E-state index < -0.39 is 0 Å². The lowest BCUT2D eigenvalue weighted by molar-refractivity contribution is -0.0860. The van der Waals surface area contributed by atoms with Crippen molar-refractivity contribution < 1.29 is 4.74 Å². The number of rotatable bonds is 1. The predicted octanol–water partition coefficient (Wildman–Crippen LogP) is 1.37. The Morgan fingerprint density at radius 1 is 1.33 bits per heavy atom. The first-order valence-corrected chi connectivity index (χ1v) is 6.20. The van der Waals surface area contributed by atoms with Crippen molar-refractivity contribution in [1.29, 1.82) is 0 Å². The summed E-state index contributed by atoms with van der Waals surface area (Å²) in [4.78, 5) is 2.58. The Bertz CT molecular complexity index is 218. The average Bonchev–Trinajstić information content (AvgIpc) is 2.16. The fourth-order valence-electron chi connectivity index (χ4n) is 2.88. The van der Waals surface area contributed by atoms with Crippen LogP contribution in [0.1, 0.15) is 39.5 Å². The van der Waals surface area contributed by atoms with Gasteiger partial charge in [0.05, 0.1) is 5.60 Å². The van der Waals surface area contributed by atoms with Crippen LogP contribution in [0.5, 0.6) is 0 Å². The zero-order valence-corrected chi connectivity index (χ0v) is 10.0. The summed E-state index contributed by atoms with van der Waals surface area (Å²) in [7, 11) is 0. The van der Waals surface area contributed by atoms with Gasteiger partial charge in [0.15, 0.2) is 0 Å². The summed E-state index contributed by atoms with van der Waals surface area (Å²) in [6, 6.07) is 1.09. The lowest BCUT2D eigenvalue weighted by Crippen LogP contribution is -2.52. The molecule has 2 N–H and O–H groups in total. The molecule has 88 valence electrons. The second kappa shape index (κ2) is 4.40. The molecule has 0 aromatic carbocycles. The molecule has 2 rings (SSSR count). The van der Waals surface area contributed by atoms with E-state index in [1.54, 1.807) is 0 Å². The molecule has 2 unspecified atom stereocenters. The Kier molecular flexibility index (Phi) is 3.33. The molecule has 0 saturated carbocycles. The molecule has 0 amide bonds. The first kappa shape index (κ1) is 11.4. The van der Waals surface area contributed by atoms with E-state index in [0.29, 0.717) is 12.1 Å². The maximum absolute atomic E-state index is 6.03. The zero-order chi connectivity index (χ0) is 10.9. The molecule has 0 bridgehead atoms. The smallest absolute Gasteiger partial charge is 0.0641 e. The number of nitrogens with zero attached hydrogens (tertiary/aromatic N) is 1. The molecule has 0 aromatic rings. The van der Waals surface area contributed by atoms with E-state index >= 15 is 0 Å². The quantitative estimate of drug-likeness (QED) is 0.713. The molecule has 2 fully saturated rings. The topological polar surface area (TPSA) is 38.5 Å². The van der Waals surface area contributed by atoms with E-state index in [9.17, 15) is 0 Å². The van der Waals surface area contributed by atoms with Gasteiger partial charge in [-0.2, -0.15) is 0 Å². The predicted molar refractivity (Wildman–Crippen MR) is 61.8 cm³/mol. The SMILES string of the molecule is CC1(C)CC(N2CCCC(N)C2)CCO1. The highest BCUT2D eigenvalue weighted by molar-refractivity contribution is 4.88. The molecule has 0 radical (unpaired) electrons. The monoisotopic (exact) mass is 212 g/mol. The van der Waals surface area contributed by atoms with Gasteiger partial charge in [0, 0.05) is 25.2 Å². The Morgan fingerprint density at radius 2 is 2.13 bits per heavy atom. The van der Waals surface area contributed by atoms with E-state index in [4.69, 9.17) is 10.5 Å². The summed E-state index contributed by atoms with van der Waals surface area (Å²) in [5.74, 6) is 0. The first-order chi connectivity index (χ1) is 7.07. The third kappa shape index (κ3) is 2.92. The van der Waals surface area contributed by atoms with Gasteiger partial charge in [-0.3, -0.25) is 4.90 Å². The fourth-order valence-corrected chi connectivity index (χ4v) is 2.88. The largest absolute Gasteiger partial charge is 0.375 e. The van der Waals surface area contributed by atoms with E-state index in [0.717, 1.165) is 19.6 Å². The fraction of sp³-hybridized carbons (Fsp3) is 1.00. The highest BCUT2D eigenvalue weighted by atomic mass is 16.5. The average molecular weight is 212 g/mol. The van der Waals surface area contributed by atoms with Gasteiger partial charge in [-0.1, -0.05) is 0 Å². The summed E-state index contributed by atoms with van der Waals surface area (Å²) in [5.41, 5.74) is 6.09. The molecule has 0 aromatic heterocycles. The summed E-state index contributed by atoms with van der Waals surface area (Å²) in [6.45, 7) is 7.62. The molecule has 0 aliphatic carbocycles. The van der Waals surface area contributed by atoms with Crippen molar-refractivity contribution in [3.8, 4) is 0 Å². The summed E-state index contributed by atoms with van der Waals surface area (Å²) in [6.07, 6.45) is 4.79. The molecule has 3 nitrogen and oxygen atoms in total.